The molecule has 0 fully saturated rings. The van der Waals surface area contributed by atoms with Crippen LogP contribution in [0.15, 0.2) is 30.3 Å². The number of fused-ring (bicyclic) bond motifs is 1. The lowest BCUT2D eigenvalue weighted by atomic mass is 9.82. The van der Waals surface area contributed by atoms with Gasteiger partial charge in [-0.25, -0.2) is 0 Å². The molecule has 3 rings (SSSR count). The van der Waals surface area contributed by atoms with Crippen molar-refractivity contribution in [1.82, 2.24) is 5.32 Å². The minimum Gasteiger partial charge on any atom is -0.310 e. The summed E-state index contributed by atoms with van der Waals surface area (Å²) < 4.78 is 0. The van der Waals surface area contributed by atoms with Gasteiger partial charge in [0.15, 0.2) is 0 Å². The molecule has 0 bridgehead atoms. The second kappa shape index (κ2) is 6.33. The zero-order chi connectivity index (χ0) is 14.8. The lowest BCUT2D eigenvalue weighted by molar-refractivity contribution is 0.473. The van der Waals surface area contributed by atoms with Crippen LogP contribution in [0.3, 0.4) is 0 Å². The summed E-state index contributed by atoms with van der Waals surface area (Å²) in [6, 6.07) is 11.8. The Morgan fingerprint density at radius 3 is 2.86 bits per heavy atom. The Balaban J connectivity index is 1.67. The minimum absolute atomic E-state index is 0.448. The maximum Gasteiger partial charge on any atom is 0.0303 e. The van der Waals surface area contributed by atoms with E-state index in [0.29, 0.717) is 12.0 Å². The van der Waals surface area contributed by atoms with Gasteiger partial charge < -0.3 is 5.32 Å². The van der Waals surface area contributed by atoms with Crippen molar-refractivity contribution in [3.63, 3.8) is 0 Å². The van der Waals surface area contributed by atoms with Gasteiger partial charge in [-0.2, -0.15) is 0 Å². The van der Waals surface area contributed by atoms with Gasteiger partial charge in [0.2, 0.25) is 0 Å². The average molecular weight is 299 g/mol. The van der Waals surface area contributed by atoms with Gasteiger partial charge in [0, 0.05) is 22.3 Å². The summed E-state index contributed by atoms with van der Waals surface area (Å²) in [5.41, 5.74) is 4.61. The normalized spacial score (nSPS) is 19.3. The Hall–Kier alpha value is -1.12. The third kappa shape index (κ3) is 3.22. The van der Waals surface area contributed by atoms with Crippen molar-refractivity contribution < 1.29 is 0 Å². The molecule has 1 heterocycles. The molecule has 2 aromatic rings. The van der Waals surface area contributed by atoms with Crippen molar-refractivity contribution >= 4 is 11.3 Å². The molecule has 0 aliphatic heterocycles. The first kappa shape index (κ1) is 14.8. The molecular weight excluding hydrogens is 274 g/mol. The minimum atomic E-state index is 0.448. The van der Waals surface area contributed by atoms with Crippen molar-refractivity contribution in [2.24, 2.45) is 0 Å². The van der Waals surface area contributed by atoms with Crippen LogP contribution >= 0.6 is 11.3 Å². The predicted octanol–water partition coefficient (Wildman–Crippen LogP) is 5.14. The number of benzene rings is 1. The van der Waals surface area contributed by atoms with Gasteiger partial charge in [-0.1, -0.05) is 24.3 Å². The van der Waals surface area contributed by atoms with Crippen molar-refractivity contribution in [1.29, 1.82) is 0 Å². The molecule has 0 spiro atoms. The summed E-state index contributed by atoms with van der Waals surface area (Å²) in [6.45, 7) is 7.82. The van der Waals surface area contributed by atoms with E-state index >= 15 is 0 Å². The van der Waals surface area contributed by atoms with Gasteiger partial charge >= 0.3 is 0 Å². The molecule has 0 amide bonds. The Labute approximate surface area is 132 Å². The topological polar surface area (TPSA) is 12.0 Å². The van der Waals surface area contributed by atoms with Gasteiger partial charge in [-0.15, -0.1) is 11.3 Å². The summed E-state index contributed by atoms with van der Waals surface area (Å²) in [5, 5.41) is 3.77. The van der Waals surface area contributed by atoms with E-state index in [4.69, 9.17) is 0 Å². The van der Waals surface area contributed by atoms with Crippen LogP contribution in [0.5, 0.6) is 0 Å². The van der Waals surface area contributed by atoms with E-state index in [1.165, 1.54) is 34.6 Å². The zero-order valence-electron chi connectivity index (χ0n) is 13.3. The molecule has 2 heteroatoms. The molecule has 1 N–H and O–H groups in total. The van der Waals surface area contributed by atoms with Crippen molar-refractivity contribution in [3.05, 3.63) is 56.8 Å². The lowest BCUT2D eigenvalue weighted by Crippen LogP contribution is -2.27. The standard InChI is InChI=1S/C19H25NS/c1-13-11-19(15(3)21-13)14(2)20-12-17-9-6-8-16-7-4-5-10-18(16)17/h4-5,7,10-11,14,17,20H,6,8-9,12H2,1-3H3. The number of hydrogen-bond acceptors (Lipinski definition) is 2. The summed E-state index contributed by atoms with van der Waals surface area (Å²) in [6.07, 6.45) is 3.90. The maximum absolute atomic E-state index is 3.77. The first-order chi connectivity index (χ1) is 10.1. The molecule has 0 radical (unpaired) electrons. The van der Waals surface area contributed by atoms with E-state index in [2.05, 4.69) is 56.4 Å². The van der Waals surface area contributed by atoms with Crippen LogP contribution in [0.1, 0.15) is 58.2 Å². The average Bonchev–Trinajstić information content (AvgIpc) is 2.83. The molecule has 1 nitrogen and oxygen atoms in total. The Morgan fingerprint density at radius 1 is 1.29 bits per heavy atom. The van der Waals surface area contributed by atoms with Crippen LogP contribution in [-0.2, 0) is 6.42 Å². The van der Waals surface area contributed by atoms with Crippen molar-refractivity contribution in [2.75, 3.05) is 6.54 Å². The fourth-order valence-corrected chi connectivity index (χ4v) is 4.60. The van der Waals surface area contributed by atoms with Gasteiger partial charge in [0.1, 0.15) is 0 Å². The van der Waals surface area contributed by atoms with Gasteiger partial charge in [-0.3, -0.25) is 0 Å². The zero-order valence-corrected chi connectivity index (χ0v) is 14.1. The number of nitrogens with one attached hydrogen (secondary N) is 1. The molecule has 2 atom stereocenters. The van der Waals surface area contributed by atoms with Gasteiger partial charge in [-0.05, 0) is 68.7 Å². The lowest BCUT2D eigenvalue weighted by Gasteiger charge is -2.27. The third-order valence-electron chi connectivity index (χ3n) is 4.71. The van der Waals surface area contributed by atoms with Crippen LogP contribution in [0.2, 0.25) is 0 Å². The van der Waals surface area contributed by atoms with Gasteiger partial charge in [0.25, 0.3) is 0 Å². The highest BCUT2D eigenvalue weighted by Crippen LogP contribution is 2.32. The van der Waals surface area contributed by atoms with Crippen LogP contribution in [0.4, 0.5) is 0 Å². The first-order valence-electron chi connectivity index (χ1n) is 8.03. The van der Waals surface area contributed by atoms with E-state index in [1.54, 1.807) is 11.1 Å². The second-order valence-electron chi connectivity index (χ2n) is 6.29. The van der Waals surface area contributed by atoms with E-state index in [1.807, 2.05) is 11.3 Å². The third-order valence-corrected chi connectivity index (χ3v) is 5.69. The Bertz CT molecular complexity index is 614. The predicted molar refractivity (Wildman–Crippen MR) is 92.3 cm³/mol. The molecule has 2 unspecified atom stereocenters. The summed E-state index contributed by atoms with van der Waals surface area (Å²) in [4.78, 5) is 2.87. The van der Waals surface area contributed by atoms with E-state index in [9.17, 15) is 0 Å². The van der Waals surface area contributed by atoms with E-state index in [0.717, 1.165) is 6.54 Å². The van der Waals surface area contributed by atoms with Crippen LogP contribution < -0.4 is 5.32 Å². The molecule has 1 aliphatic carbocycles. The van der Waals surface area contributed by atoms with Gasteiger partial charge in [0.05, 0.1) is 0 Å². The van der Waals surface area contributed by atoms with Crippen LogP contribution in [0, 0.1) is 13.8 Å². The number of thiophene rings is 1. The first-order valence-corrected chi connectivity index (χ1v) is 8.85. The summed E-state index contributed by atoms with van der Waals surface area (Å²) >= 11 is 1.91. The van der Waals surface area contributed by atoms with E-state index < -0.39 is 0 Å². The van der Waals surface area contributed by atoms with Crippen LogP contribution in [-0.4, -0.2) is 6.54 Å². The number of rotatable bonds is 4. The Morgan fingerprint density at radius 2 is 2.10 bits per heavy atom. The molecule has 0 saturated carbocycles. The molecule has 21 heavy (non-hydrogen) atoms. The molecule has 0 saturated heterocycles. The molecule has 1 aromatic carbocycles. The largest absolute Gasteiger partial charge is 0.310 e. The fourth-order valence-electron chi connectivity index (χ4n) is 3.58. The smallest absolute Gasteiger partial charge is 0.0303 e. The summed E-state index contributed by atoms with van der Waals surface area (Å²) in [5.74, 6) is 0.678. The highest BCUT2D eigenvalue weighted by Gasteiger charge is 2.20. The van der Waals surface area contributed by atoms with Crippen LogP contribution in [0.25, 0.3) is 0 Å². The molecular formula is C19H25NS. The van der Waals surface area contributed by atoms with E-state index in [-0.39, 0.29) is 0 Å². The quantitative estimate of drug-likeness (QED) is 0.824. The monoisotopic (exact) mass is 299 g/mol. The molecule has 1 aromatic heterocycles. The number of aryl methyl sites for hydroxylation is 3. The highest BCUT2D eigenvalue weighted by molar-refractivity contribution is 7.12. The van der Waals surface area contributed by atoms with Crippen molar-refractivity contribution in [3.8, 4) is 0 Å². The van der Waals surface area contributed by atoms with Crippen molar-refractivity contribution in [2.45, 2.75) is 52.0 Å². The summed E-state index contributed by atoms with van der Waals surface area (Å²) in [7, 11) is 0. The SMILES string of the molecule is Cc1cc(C(C)NCC2CCCc3ccccc32)c(C)s1. The number of hydrogen-bond donors (Lipinski definition) is 1. The fraction of sp³-hybridized carbons (Fsp3) is 0.474. The highest BCUT2D eigenvalue weighted by atomic mass is 32.1. The maximum atomic E-state index is 3.77. The molecule has 112 valence electrons. The molecule has 1 aliphatic rings. The second-order valence-corrected chi connectivity index (χ2v) is 7.75. The Kier molecular flexibility index (Phi) is 4.46.